The Morgan fingerprint density at radius 3 is 2.67 bits per heavy atom. The molecule has 0 spiro atoms. The van der Waals surface area contributed by atoms with Gasteiger partial charge in [0.15, 0.2) is 0 Å². The Morgan fingerprint density at radius 2 is 2.05 bits per heavy atom. The smallest absolute Gasteiger partial charge is 0.270 e. The van der Waals surface area contributed by atoms with E-state index in [0.29, 0.717) is 22.6 Å². The summed E-state index contributed by atoms with van der Waals surface area (Å²) in [7, 11) is 0. The molecule has 0 saturated carbocycles. The third-order valence-electron chi connectivity index (χ3n) is 3.88. The number of benzene rings is 1. The third-order valence-corrected chi connectivity index (χ3v) is 3.88. The van der Waals surface area contributed by atoms with Gasteiger partial charge in [0, 0.05) is 24.1 Å². The van der Waals surface area contributed by atoms with Gasteiger partial charge in [-0.2, -0.15) is 0 Å². The number of rotatable bonds is 4. The second kappa shape index (κ2) is 5.63. The van der Waals surface area contributed by atoms with Crippen LogP contribution in [0.25, 0.3) is 10.9 Å². The third kappa shape index (κ3) is 3.45. The van der Waals surface area contributed by atoms with Crippen LogP contribution in [0.4, 0.5) is 11.5 Å². The molecule has 0 saturated heterocycles. The van der Waals surface area contributed by atoms with Crippen LogP contribution in [-0.4, -0.2) is 21.4 Å². The van der Waals surface area contributed by atoms with Crippen LogP contribution in [0.2, 0.25) is 0 Å². The van der Waals surface area contributed by atoms with Crippen LogP contribution in [0.15, 0.2) is 24.5 Å². The molecule has 0 bridgehead atoms. The summed E-state index contributed by atoms with van der Waals surface area (Å²) >= 11 is 0. The number of hydrogen-bond acceptors (Lipinski definition) is 5. The highest BCUT2D eigenvalue weighted by molar-refractivity contribution is 5.90. The van der Waals surface area contributed by atoms with Gasteiger partial charge in [0.25, 0.3) is 5.69 Å². The second-order valence-electron chi connectivity index (χ2n) is 6.33. The van der Waals surface area contributed by atoms with E-state index in [4.69, 9.17) is 0 Å². The van der Waals surface area contributed by atoms with Gasteiger partial charge in [-0.25, -0.2) is 9.97 Å². The highest BCUT2D eigenvalue weighted by atomic mass is 16.6. The number of hydrogen-bond donors (Lipinski definition) is 1. The average Bonchev–Trinajstić information content (AvgIpc) is 2.42. The Hall–Kier alpha value is -2.24. The number of nitro benzene ring substituents is 1. The highest BCUT2D eigenvalue weighted by Crippen LogP contribution is 2.27. The lowest BCUT2D eigenvalue weighted by molar-refractivity contribution is -0.384. The SMILES string of the molecule is CC(CNc1ncnc2ccc([N+](=O)[O-])cc12)C(C)(C)C. The summed E-state index contributed by atoms with van der Waals surface area (Å²) in [5.74, 6) is 1.07. The van der Waals surface area contributed by atoms with Gasteiger partial charge in [0.2, 0.25) is 0 Å². The molecular weight excluding hydrogens is 268 g/mol. The van der Waals surface area contributed by atoms with E-state index in [1.54, 1.807) is 6.07 Å². The minimum Gasteiger partial charge on any atom is -0.369 e. The van der Waals surface area contributed by atoms with Crippen molar-refractivity contribution in [1.29, 1.82) is 0 Å². The average molecular weight is 288 g/mol. The topological polar surface area (TPSA) is 81.0 Å². The van der Waals surface area contributed by atoms with Gasteiger partial charge in [-0.05, 0) is 17.4 Å². The fourth-order valence-electron chi connectivity index (χ4n) is 1.86. The molecule has 0 aliphatic heterocycles. The number of nitro groups is 1. The summed E-state index contributed by atoms with van der Waals surface area (Å²) in [5.41, 5.74) is 0.924. The molecule has 1 unspecified atom stereocenters. The number of nitrogens with one attached hydrogen (secondary N) is 1. The van der Waals surface area contributed by atoms with E-state index in [-0.39, 0.29) is 11.1 Å². The fraction of sp³-hybridized carbons (Fsp3) is 0.467. The Morgan fingerprint density at radius 1 is 1.33 bits per heavy atom. The van der Waals surface area contributed by atoms with E-state index >= 15 is 0 Å². The molecular formula is C15H20N4O2. The first-order chi connectivity index (χ1) is 9.79. The molecule has 0 aliphatic rings. The van der Waals surface area contributed by atoms with Gasteiger partial charge in [-0.1, -0.05) is 27.7 Å². The summed E-state index contributed by atoms with van der Waals surface area (Å²) in [6, 6.07) is 4.61. The van der Waals surface area contributed by atoms with Crippen molar-refractivity contribution in [3.63, 3.8) is 0 Å². The summed E-state index contributed by atoms with van der Waals surface area (Å²) in [4.78, 5) is 18.9. The van der Waals surface area contributed by atoms with Crippen LogP contribution in [-0.2, 0) is 0 Å². The van der Waals surface area contributed by atoms with Crippen molar-refractivity contribution >= 4 is 22.4 Å². The summed E-state index contributed by atoms with van der Waals surface area (Å²) in [6.45, 7) is 9.46. The van der Waals surface area contributed by atoms with Gasteiger partial charge in [0.1, 0.15) is 12.1 Å². The number of anilines is 1. The van der Waals surface area contributed by atoms with Crippen LogP contribution < -0.4 is 5.32 Å². The molecule has 0 aliphatic carbocycles. The lowest BCUT2D eigenvalue weighted by Crippen LogP contribution is -2.25. The number of nitrogens with zero attached hydrogens (tertiary/aromatic N) is 3. The first kappa shape index (κ1) is 15.2. The lowest BCUT2D eigenvalue weighted by atomic mass is 9.82. The van der Waals surface area contributed by atoms with Gasteiger partial charge in [-0.3, -0.25) is 10.1 Å². The van der Waals surface area contributed by atoms with Gasteiger partial charge < -0.3 is 5.32 Å². The Balaban J connectivity index is 2.31. The standard InChI is InChI=1S/C15H20N4O2/c1-10(15(2,3)4)8-16-14-12-7-11(19(20)21)5-6-13(12)17-9-18-14/h5-7,9-10H,8H2,1-4H3,(H,16,17,18). The van der Waals surface area contributed by atoms with Crippen molar-refractivity contribution < 1.29 is 4.92 Å². The molecule has 6 heteroatoms. The molecule has 0 amide bonds. The maximum atomic E-state index is 10.9. The van der Waals surface area contributed by atoms with Crippen molar-refractivity contribution in [2.24, 2.45) is 11.3 Å². The molecule has 1 heterocycles. The van der Waals surface area contributed by atoms with Crippen LogP contribution in [0.3, 0.4) is 0 Å². The van der Waals surface area contributed by atoms with E-state index < -0.39 is 4.92 Å². The molecule has 0 fully saturated rings. The Labute approximate surface area is 123 Å². The predicted octanol–water partition coefficient (Wildman–Crippen LogP) is 3.63. The van der Waals surface area contributed by atoms with Crippen LogP contribution in [0, 0.1) is 21.4 Å². The molecule has 2 aromatic rings. The summed E-state index contributed by atoms with van der Waals surface area (Å²) in [5, 5.41) is 14.9. The Kier molecular flexibility index (Phi) is 4.06. The zero-order valence-corrected chi connectivity index (χ0v) is 12.8. The molecule has 112 valence electrons. The van der Waals surface area contributed by atoms with Crippen molar-refractivity contribution in [3.05, 3.63) is 34.6 Å². The van der Waals surface area contributed by atoms with Gasteiger partial charge >= 0.3 is 0 Å². The van der Waals surface area contributed by atoms with Crippen molar-refractivity contribution in [2.45, 2.75) is 27.7 Å². The molecule has 2 rings (SSSR count). The molecule has 1 aromatic carbocycles. The molecule has 1 N–H and O–H groups in total. The summed E-state index contributed by atoms with van der Waals surface area (Å²) in [6.07, 6.45) is 1.47. The summed E-state index contributed by atoms with van der Waals surface area (Å²) < 4.78 is 0. The Bertz CT molecular complexity index is 664. The number of fused-ring (bicyclic) bond motifs is 1. The first-order valence-electron chi connectivity index (χ1n) is 6.92. The predicted molar refractivity (Wildman–Crippen MR) is 83.3 cm³/mol. The minimum atomic E-state index is -0.409. The molecule has 21 heavy (non-hydrogen) atoms. The maximum Gasteiger partial charge on any atom is 0.270 e. The van der Waals surface area contributed by atoms with Crippen molar-refractivity contribution in [3.8, 4) is 0 Å². The fourth-order valence-corrected chi connectivity index (χ4v) is 1.86. The molecule has 1 atom stereocenters. The van der Waals surface area contributed by atoms with Crippen LogP contribution >= 0.6 is 0 Å². The van der Waals surface area contributed by atoms with E-state index in [0.717, 1.165) is 6.54 Å². The van der Waals surface area contributed by atoms with Crippen molar-refractivity contribution in [2.75, 3.05) is 11.9 Å². The first-order valence-corrected chi connectivity index (χ1v) is 6.92. The maximum absolute atomic E-state index is 10.9. The quantitative estimate of drug-likeness (QED) is 0.686. The van der Waals surface area contributed by atoms with E-state index in [2.05, 4.69) is 43.0 Å². The largest absolute Gasteiger partial charge is 0.369 e. The number of non-ortho nitro benzene ring substituents is 1. The zero-order chi connectivity index (χ0) is 15.6. The highest BCUT2D eigenvalue weighted by Gasteiger charge is 2.20. The van der Waals surface area contributed by atoms with Gasteiger partial charge in [0.05, 0.1) is 10.4 Å². The number of aromatic nitrogens is 2. The molecule has 0 radical (unpaired) electrons. The zero-order valence-electron chi connectivity index (χ0n) is 12.8. The molecule has 6 nitrogen and oxygen atoms in total. The normalized spacial score (nSPS) is 13.1. The van der Waals surface area contributed by atoms with E-state index in [1.807, 2.05) is 0 Å². The van der Waals surface area contributed by atoms with E-state index in [9.17, 15) is 10.1 Å². The molecule has 1 aromatic heterocycles. The minimum absolute atomic E-state index is 0.0456. The monoisotopic (exact) mass is 288 g/mol. The van der Waals surface area contributed by atoms with Crippen LogP contribution in [0.5, 0.6) is 0 Å². The van der Waals surface area contributed by atoms with Crippen molar-refractivity contribution in [1.82, 2.24) is 9.97 Å². The lowest BCUT2D eigenvalue weighted by Gasteiger charge is -2.27. The van der Waals surface area contributed by atoms with Crippen LogP contribution in [0.1, 0.15) is 27.7 Å². The van der Waals surface area contributed by atoms with E-state index in [1.165, 1.54) is 18.5 Å². The second-order valence-corrected chi connectivity index (χ2v) is 6.33. The van der Waals surface area contributed by atoms with Gasteiger partial charge in [-0.15, -0.1) is 0 Å².